The maximum Gasteiger partial charge on any atom is 0.247 e. The summed E-state index contributed by atoms with van der Waals surface area (Å²) in [5.41, 5.74) is 3.08. The lowest BCUT2D eigenvalue weighted by Gasteiger charge is -2.32. The van der Waals surface area contributed by atoms with Crippen molar-refractivity contribution in [2.75, 3.05) is 13.1 Å². The minimum atomic E-state index is -3.82. The zero-order valence-electron chi connectivity index (χ0n) is 16.0. The molecule has 1 heterocycles. The van der Waals surface area contributed by atoms with Crippen molar-refractivity contribution in [3.8, 4) is 0 Å². The number of halogens is 1. The van der Waals surface area contributed by atoms with E-state index in [1.165, 1.54) is 15.9 Å². The van der Waals surface area contributed by atoms with Gasteiger partial charge in [0, 0.05) is 24.0 Å². The Morgan fingerprint density at radius 2 is 1.77 bits per heavy atom. The first-order valence-corrected chi connectivity index (χ1v) is 11.2. The molecule has 8 nitrogen and oxygen atoms in total. The van der Waals surface area contributed by atoms with E-state index in [-0.39, 0.29) is 30.3 Å². The van der Waals surface area contributed by atoms with Crippen molar-refractivity contribution < 1.29 is 23.6 Å². The van der Waals surface area contributed by atoms with E-state index in [2.05, 4.69) is 5.16 Å². The van der Waals surface area contributed by atoms with E-state index in [0.29, 0.717) is 29.1 Å². The Labute approximate surface area is 179 Å². The number of carbonyl (C=O) groups is 1. The average molecular weight is 452 g/mol. The number of oxime groups is 1. The molecule has 0 aromatic heterocycles. The van der Waals surface area contributed by atoms with Gasteiger partial charge in [0.25, 0.3) is 0 Å². The van der Waals surface area contributed by atoms with Gasteiger partial charge in [0.05, 0.1) is 17.0 Å². The molecule has 0 spiro atoms. The van der Waals surface area contributed by atoms with E-state index in [1.807, 2.05) is 0 Å². The van der Waals surface area contributed by atoms with Gasteiger partial charge in [0.2, 0.25) is 15.9 Å². The molecule has 30 heavy (non-hydrogen) atoms. The van der Waals surface area contributed by atoms with Gasteiger partial charge in [0.1, 0.15) is 0 Å². The largest absolute Gasteiger partial charge is 0.411 e. The summed E-state index contributed by atoms with van der Waals surface area (Å²) in [5, 5.41) is 22.3. The Bertz CT molecular complexity index is 1030. The molecule has 1 aliphatic heterocycles. The van der Waals surface area contributed by atoms with Gasteiger partial charge in [-0.3, -0.25) is 10.0 Å². The Morgan fingerprint density at radius 1 is 1.13 bits per heavy atom. The number of carbonyl (C=O) groups excluding carboxylic acids is 1. The van der Waals surface area contributed by atoms with Gasteiger partial charge >= 0.3 is 0 Å². The maximum atomic E-state index is 13.2. The predicted octanol–water partition coefficient (Wildman–Crippen LogP) is 2.67. The number of sulfonamides is 1. The number of hydrogen-bond acceptors (Lipinski definition) is 6. The fraction of sp³-hybridized carbons (Fsp3) is 0.300. The Kier molecular flexibility index (Phi) is 7.09. The molecular weight excluding hydrogens is 430 g/mol. The molecule has 0 saturated carbocycles. The Hall–Kier alpha value is -2.46. The highest BCUT2D eigenvalue weighted by Gasteiger charge is 2.33. The molecule has 2 aromatic carbocycles. The summed E-state index contributed by atoms with van der Waals surface area (Å²) in [4.78, 5) is 11.6. The van der Waals surface area contributed by atoms with Crippen molar-refractivity contribution in [1.82, 2.24) is 9.79 Å². The van der Waals surface area contributed by atoms with Crippen molar-refractivity contribution in [1.29, 1.82) is 0 Å². The first-order chi connectivity index (χ1) is 14.4. The van der Waals surface area contributed by atoms with Crippen molar-refractivity contribution in [3.05, 3.63) is 64.7 Å². The fourth-order valence-corrected chi connectivity index (χ4v) is 5.44. The van der Waals surface area contributed by atoms with Crippen molar-refractivity contribution in [2.24, 2.45) is 11.1 Å². The number of hydroxylamine groups is 1. The van der Waals surface area contributed by atoms with Crippen LogP contribution in [-0.4, -0.2) is 47.8 Å². The van der Waals surface area contributed by atoms with E-state index in [4.69, 9.17) is 16.8 Å². The molecule has 1 amide bonds. The SMILES string of the molecule is O=C(Cc1ccccc1S(=O)(=O)N1CCC(C(=NO)c2ccc(Cl)cc2)CC1)NO. The molecular formula is C20H22ClN3O5S. The lowest BCUT2D eigenvalue weighted by molar-refractivity contribution is -0.128. The molecule has 3 N–H and O–H groups in total. The van der Waals surface area contributed by atoms with Crippen molar-refractivity contribution >= 4 is 33.2 Å². The topological polar surface area (TPSA) is 119 Å². The van der Waals surface area contributed by atoms with Gasteiger partial charge in [0.15, 0.2) is 0 Å². The minimum Gasteiger partial charge on any atom is -0.411 e. The maximum absolute atomic E-state index is 13.2. The normalized spacial score (nSPS) is 16.4. The number of nitrogens with one attached hydrogen (secondary N) is 1. The third kappa shape index (κ3) is 4.81. The molecule has 0 unspecified atom stereocenters. The molecule has 1 saturated heterocycles. The van der Waals surface area contributed by atoms with Crippen LogP contribution >= 0.6 is 11.6 Å². The Balaban J connectivity index is 1.76. The molecule has 3 rings (SSSR count). The molecule has 0 radical (unpaired) electrons. The standard InChI is InChI=1S/C20H22ClN3O5S/c21-17-7-5-14(6-8-17)20(23-27)15-9-11-24(12-10-15)30(28,29)18-4-2-1-3-16(18)13-19(25)22-26/h1-8,15,26-27H,9-13H2,(H,22,25). The van der Waals surface area contributed by atoms with Gasteiger partial charge in [-0.05, 0) is 42.2 Å². The molecule has 0 bridgehead atoms. The third-order valence-electron chi connectivity index (χ3n) is 5.15. The average Bonchev–Trinajstić information content (AvgIpc) is 2.76. The van der Waals surface area contributed by atoms with Crippen LogP contribution in [0.15, 0.2) is 58.6 Å². The van der Waals surface area contributed by atoms with Gasteiger partial charge in [-0.15, -0.1) is 0 Å². The summed E-state index contributed by atoms with van der Waals surface area (Å²) < 4.78 is 27.7. The highest BCUT2D eigenvalue weighted by molar-refractivity contribution is 7.89. The summed E-state index contributed by atoms with van der Waals surface area (Å²) in [6.45, 7) is 0.500. The minimum absolute atomic E-state index is 0.0424. The van der Waals surface area contributed by atoms with E-state index >= 15 is 0 Å². The smallest absolute Gasteiger partial charge is 0.247 e. The highest BCUT2D eigenvalue weighted by Crippen LogP contribution is 2.28. The van der Waals surface area contributed by atoms with Crippen LogP contribution in [0.1, 0.15) is 24.0 Å². The van der Waals surface area contributed by atoms with Crippen LogP contribution in [0.4, 0.5) is 0 Å². The molecule has 1 aliphatic rings. The number of amides is 1. The van der Waals surface area contributed by atoms with Crippen LogP contribution in [-0.2, 0) is 21.2 Å². The van der Waals surface area contributed by atoms with E-state index in [0.717, 1.165) is 5.56 Å². The summed E-state index contributed by atoms with van der Waals surface area (Å²) >= 11 is 5.91. The van der Waals surface area contributed by atoms with E-state index in [9.17, 15) is 18.4 Å². The quantitative estimate of drug-likeness (QED) is 0.270. The van der Waals surface area contributed by atoms with Gasteiger partial charge in [-0.25, -0.2) is 13.9 Å². The molecule has 10 heteroatoms. The first-order valence-electron chi connectivity index (χ1n) is 9.35. The monoisotopic (exact) mass is 451 g/mol. The van der Waals surface area contributed by atoms with E-state index < -0.39 is 15.9 Å². The van der Waals surface area contributed by atoms with Crippen LogP contribution in [0.25, 0.3) is 0 Å². The Morgan fingerprint density at radius 3 is 2.37 bits per heavy atom. The fourth-order valence-electron chi connectivity index (χ4n) is 3.62. The van der Waals surface area contributed by atoms with Crippen LogP contribution in [0, 0.1) is 5.92 Å². The van der Waals surface area contributed by atoms with Gasteiger partial charge in [-0.2, -0.15) is 4.31 Å². The predicted molar refractivity (Wildman–Crippen MR) is 111 cm³/mol. The molecule has 1 fully saturated rings. The summed E-state index contributed by atoms with van der Waals surface area (Å²) in [6.07, 6.45) is 0.724. The third-order valence-corrected chi connectivity index (χ3v) is 7.41. The first kappa shape index (κ1) is 22.2. The number of nitrogens with zero attached hydrogens (tertiary/aromatic N) is 2. The lowest BCUT2D eigenvalue weighted by atomic mass is 9.89. The van der Waals surface area contributed by atoms with Crippen LogP contribution < -0.4 is 5.48 Å². The second-order valence-corrected chi connectivity index (χ2v) is 9.33. The van der Waals surface area contributed by atoms with Gasteiger partial charge in [-0.1, -0.05) is 47.1 Å². The zero-order valence-corrected chi connectivity index (χ0v) is 17.6. The lowest BCUT2D eigenvalue weighted by Crippen LogP contribution is -2.40. The highest BCUT2D eigenvalue weighted by atomic mass is 35.5. The van der Waals surface area contributed by atoms with E-state index in [1.54, 1.807) is 42.5 Å². The van der Waals surface area contributed by atoms with Crippen molar-refractivity contribution in [2.45, 2.75) is 24.2 Å². The van der Waals surface area contributed by atoms with Crippen LogP contribution in [0.3, 0.4) is 0 Å². The van der Waals surface area contributed by atoms with Crippen LogP contribution in [0.5, 0.6) is 0 Å². The molecule has 2 aromatic rings. The summed E-state index contributed by atoms with van der Waals surface area (Å²) in [5.74, 6) is -0.791. The zero-order chi connectivity index (χ0) is 21.7. The second-order valence-electron chi connectivity index (χ2n) is 6.99. The number of piperidine rings is 1. The number of rotatable bonds is 6. The molecule has 0 atom stereocenters. The van der Waals surface area contributed by atoms with Crippen molar-refractivity contribution in [3.63, 3.8) is 0 Å². The summed E-state index contributed by atoms with van der Waals surface area (Å²) in [7, 11) is -3.82. The number of benzene rings is 2. The molecule has 0 aliphatic carbocycles. The summed E-state index contributed by atoms with van der Waals surface area (Å²) in [6, 6.07) is 13.2. The molecule has 160 valence electrons. The number of hydrogen-bond donors (Lipinski definition) is 3. The van der Waals surface area contributed by atoms with Gasteiger partial charge < -0.3 is 5.21 Å². The van der Waals surface area contributed by atoms with Crippen LogP contribution in [0.2, 0.25) is 5.02 Å². The second kappa shape index (κ2) is 9.57.